The van der Waals surface area contributed by atoms with Crippen molar-refractivity contribution in [3.8, 4) is 0 Å². The summed E-state index contributed by atoms with van der Waals surface area (Å²) in [6, 6.07) is 9.22. The van der Waals surface area contributed by atoms with Gasteiger partial charge in [-0.1, -0.05) is 18.2 Å². The van der Waals surface area contributed by atoms with E-state index >= 15 is 0 Å². The number of rotatable bonds is 8. The molecule has 2 N–H and O–H groups in total. The molecule has 1 aromatic rings. The number of nitrogens with one attached hydrogen (secondary N) is 2. The topological polar surface area (TPSA) is 78.5 Å². The minimum Gasteiger partial charge on any atom is -0.356 e. The molecular formula is C18H25N3O3. The van der Waals surface area contributed by atoms with Gasteiger partial charge in [0, 0.05) is 44.6 Å². The van der Waals surface area contributed by atoms with Gasteiger partial charge in [-0.25, -0.2) is 0 Å². The third kappa shape index (κ3) is 6.40. The molecule has 1 aliphatic heterocycles. The van der Waals surface area contributed by atoms with Crippen molar-refractivity contribution >= 4 is 23.4 Å². The molecule has 6 heteroatoms. The van der Waals surface area contributed by atoms with E-state index in [2.05, 4.69) is 10.6 Å². The number of benzene rings is 1. The minimum atomic E-state index is -0.125. The molecule has 0 spiro atoms. The van der Waals surface area contributed by atoms with Gasteiger partial charge in [0.1, 0.15) is 0 Å². The first kappa shape index (κ1) is 18.0. The lowest BCUT2D eigenvalue weighted by Crippen LogP contribution is -2.36. The zero-order chi connectivity index (χ0) is 17.2. The minimum absolute atomic E-state index is 0.0769. The summed E-state index contributed by atoms with van der Waals surface area (Å²) < 4.78 is 0. The van der Waals surface area contributed by atoms with E-state index in [9.17, 15) is 14.4 Å². The quantitative estimate of drug-likeness (QED) is 0.764. The highest BCUT2D eigenvalue weighted by Crippen LogP contribution is 2.11. The summed E-state index contributed by atoms with van der Waals surface area (Å²) in [5.74, 6) is -0.00776. The summed E-state index contributed by atoms with van der Waals surface area (Å²) in [7, 11) is 0. The molecule has 0 unspecified atom stereocenters. The van der Waals surface area contributed by atoms with E-state index in [0.29, 0.717) is 32.4 Å². The highest BCUT2D eigenvalue weighted by Gasteiger charge is 2.17. The predicted molar refractivity (Wildman–Crippen MR) is 92.4 cm³/mol. The summed E-state index contributed by atoms with van der Waals surface area (Å²) in [4.78, 5) is 37.0. The van der Waals surface area contributed by atoms with Crippen LogP contribution < -0.4 is 10.6 Å². The van der Waals surface area contributed by atoms with Crippen LogP contribution in [0.1, 0.15) is 38.5 Å². The van der Waals surface area contributed by atoms with Crippen molar-refractivity contribution in [1.82, 2.24) is 10.2 Å². The van der Waals surface area contributed by atoms with Gasteiger partial charge in [-0.2, -0.15) is 0 Å². The van der Waals surface area contributed by atoms with Crippen LogP contribution in [0.15, 0.2) is 30.3 Å². The number of carbonyl (C=O) groups is 3. The molecule has 1 aromatic carbocycles. The summed E-state index contributed by atoms with van der Waals surface area (Å²) >= 11 is 0. The Kier molecular flexibility index (Phi) is 7.26. The van der Waals surface area contributed by atoms with Crippen molar-refractivity contribution in [2.75, 3.05) is 25.0 Å². The smallest absolute Gasteiger partial charge is 0.226 e. The standard InChI is InChI=1S/C18H25N3O3/c22-16(9-6-14-21-13-5-4-10-18(21)24)19-12-11-17(23)20-15-7-2-1-3-8-15/h1-3,7-8H,4-6,9-14H2,(H,19,22)(H,20,23). The van der Waals surface area contributed by atoms with Crippen molar-refractivity contribution in [3.63, 3.8) is 0 Å². The summed E-state index contributed by atoms with van der Waals surface area (Å²) in [6.07, 6.45) is 3.93. The van der Waals surface area contributed by atoms with E-state index in [0.717, 1.165) is 25.1 Å². The highest BCUT2D eigenvalue weighted by atomic mass is 16.2. The average molecular weight is 331 g/mol. The van der Waals surface area contributed by atoms with Gasteiger partial charge in [-0.15, -0.1) is 0 Å². The number of likely N-dealkylation sites (tertiary alicyclic amines) is 1. The monoisotopic (exact) mass is 331 g/mol. The normalized spacial score (nSPS) is 14.3. The van der Waals surface area contributed by atoms with E-state index in [1.165, 1.54) is 0 Å². The Morgan fingerprint density at radius 3 is 2.58 bits per heavy atom. The Bertz CT molecular complexity index is 560. The fourth-order valence-corrected chi connectivity index (χ4v) is 2.68. The zero-order valence-corrected chi connectivity index (χ0v) is 13.9. The van der Waals surface area contributed by atoms with Gasteiger partial charge in [0.15, 0.2) is 0 Å². The molecule has 0 aromatic heterocycles. The van der Waals surface area contributed by atoms with Gasteiger partial charge >= 0.3 is 0 Å². The lowest BCUT2D eigenvalue weighted by atomic mass is 10.1. The maximum Gasteiger partial charge on any atom is 0.226 e. The van der Waals surface area contributed by atoms with Gasteiger partial charge in [0.2, 0.25) is 17.7 Å². The van der Waals surface area contributed by atoms with Crippen LogP contribution in [0.3, 0.4) is 0 Å². The number of piperidine rings is 1. The first-order chi connectivity index (χ1) is 11.6. The van der Waals surface area contributed by atoms with Gasteiger partial charge in [0.05, 0.1) is 0 Å². The van der Waals surface area contributed by atoms with E-state index in [1.807, 2.05) is 35.2 Å². The van der Waals surface area contributed by atoms with Crippen molar-refractivity contribution in [2.24, 2.45) is 0 Å². The molecule has 1 fully saturated rings. The summed E-state index contributed by atoms with van der Waals surface area (Å²) in [5, 5.41) is 5.52. The Balaban J connectivity index is 1.54. The molecule has 3 amide bonds. The van der Waals surface area contributed by atoms with Crippen LogP contribution in [0.4, 0.5) is 5.69 Å². The van der Waals surface area contributed by atoms with E-state index in [1.54, 1.807) is 0 Å². The summed E-state index contributed by atoms with van der Waals surface area (Å²) in [5.41, 5.74) is 0.750. The van der Waals surface area contributed by atoms with Crippen LogP contribution in [0, 0.1) is 0 Å². The average Bonchev–Trinajstić information content (AvgIpc) is 2.57. The highest BCUT2D eigenvalue weighted by molar-refractivity contribution is 5.91. The SMILES string of the molecule is O=C(CCCN1CCCCC1=O)NCCC(=O)Nc1ccccc1. The lowest BCUT2D eigenvalue weighted by Gasteiger charge is -2.26. The van der Waals surface area contributed by atoms with Crippen molar-refractivity contribution in [3.05, 3.63) is 30.3 Å². The number of hydrogen-bond donors (Lipinski definition) is 2. The Labute approximate surface area is 142 Å². The lowest BCUT2D eigenvalue weighted by molar-refractivity contribution is -0.133. The van der Waals surface area contributed by atoms with Crippen molar-refractivity contribution in [2.45, 2.75) is 38.5 Å². The third-order valence-corrected chi connectivity index (χ3v) is 3.99. The number of anilines is 1. The molecule has 0 saturated carbocycles. The molecule has 0 bridgehead atoms. The first-order valence-corrected chi connectivity index (χ1v) is 8.54. The van der Waals surface area contributed by atoms with Crippen molar-refractivity contribution < 1.29 is 14.4 Å². The number of amides is 3. The van der Waals surface area contributed by atoms with Crippen LogP contribution in [0.5, 0.6) is 0 Å². The van der Waals surface area contributed by atoms with Crippen molar-refractivity contribution in [1.29, 1.82) is 0 Å². The molecule has 0 atom stereocenters. The molecule has 0 aliphatic carbocycles. The van der Waals surface area contributed by atoms with Crippen LogP contribution in [-0.2, 0) is 14.4 Å². The number of hydrogen-bond acceptors (Lipinski definition) is 3. The molecule has 6 nitrogen and oxygen atoms in total. The van der Waals surface area contributed by atoms with Crippen LogP contribution in [0.25, 0.3) is 0 Å². The molecular weight excluding hydrogens is 306 g/mol. The molecule has 0 radical (unpaired) electrons. The Morgan fingerprint density at radius 1 is 1.04 bits per heavy atom. The Hall–Kier alpha value is -2.37. The molecule has 1 aliphatic rings. The summed E-state index contributed by atoms with van der Waals surface area (Å²) in [6.45, 7) is 1.76. The molecule has 130 valence electrons. The van der Waals surface area contributed by atoms with Gasteiger partial charge < -0.3 is 15.5 Å². The number of para-hydroxylation sites is 1. The van der Waals surface area contributed by atoms with Gasteiger partial charge in [-0.3, -0.25) is 14.4 Å². The fraction of sp³-hybridized carbons (Fsp3) is 0.500. The molecule has 24 heavy (non-hydrogen) atoms. The number of carbonyl (C=O) groups excluding carboxylic acids is 3. The fourth-order valence-electron chi connectivity index (χ4n) is 2.68. The zero-order valence-electron chi connectivity index (χ0n) is 13.9. The van der Waals surface area contributed by atoms with Gasteiger partial charge in [0.25, 0.3) is 0 Å². The maximum atomic E-state index is 11.8. The second-order valence-electron chi connectivity index (χ2n) is 5.96. The molecule has 1 heterocycles. The molecule has 1 saturated heterocycles. The van der Waals surface area contributed by atoms with Crippen LogP contribution >= 0.6 is 0 Å². The second kappa shape index (κ2) is 9.70. The van der Waals surface area contributed by atoms with Gasteiger partial charge in [-0.05, 0) is 31.4 Å². The largest absolute Gasteiger partial charge is 0.356 e. The third-order valence-electron chi connectivity index (χ3n) is 3.99. The van der Waals surface area contributed by atoms with E-state index in [4.69, 9.17) is 0 Å². The Morgan fingerprint density at radius 2 is 1.83 bits per heavy atom. The van der Waals surface area contributed by atoms with Crippen LogP contribution in [-0.4, -0.2) is 42.3 Å². The van der Waals surface area contributed by atoms with Crippen LogP contribution in [0.2, 0.25) is 0 Å². The van der Waals surface area contributed by atoms with E-state index < -0.39 is 0 Å². The maximum absolute atomic E-state index is 11.8. The second-order valence-corrected chi connectivity index (χ2v) is 5.96. The molecule has 2 rings (SSSR count). The number of nitrogens with zero attached hydrogens (tertiary/aromatic N) is 1. The van der Waals surface area contributed by atoms with E-state index in [-0.39, 0.29) is 24.1 Å². The predicted octanol–water partition coefficient (Wildman–Crippen LogP) is 1.92. The first-order valence-electron chi connectivity index (χ1n) is 8.54.